The predicted octanol–water partition coefficient (Wildman–Crippen LogP) is 0.112. The number of carboxylic acids is 1. The number of likely N-dealkylation sites (tertiary alicyclic amines) is 1. The van der Waals surface area contributed by atoms with Crippen LogP contribution in [0.15, 0.2) is 24.5 Å². The van der Waals surface area contributed by atoms with Crippen molar-refractivity contribution >= 4 is 11.9 Å². The Morgan fingerprint density at radius 2 is 2.14 bits per heavy atom. The molecule has 1 amide bonds. The molecule has 22 heavy (non-hydrogen) atoms. The second kappa shape index (κ2) is 5.35. The number of benzene rings is 1. The zero-order valence-electron chi connectivity index (χ0n) is 11.3. The van der Waals surface area contributed by atoms with Crippen LogP contribution in [0.25, 0.3) is 0 Å². The number of carbonyl (C=O) groups excluding carboxylic acids is 1. The van der Waals surface area contributed by atoms with Gasteiger partial charge in [-0.3, -0.25) is 9.89 Å². The lowest BCUT2D eigenvalue weighted by atomic mass is 10.1. The molecule has 1 aromatic heterocycles. The van der Waals surface area contributed by atoms with E-state index >= 15 is 0 Å². The van der Waals surface area contributed by atoms with Crippen molar-refractivity contribution in [2.45, 2.75) is 6.10 Å². The number of rotatable bonds is 4. The lowest BCUT2D eigenvalue weighted by molar-refractivity contribution is 0.0160. The fraction of sp³-hybridized carbons (Fsp3) is 0.231. The van der Waals surface area contributed by atoms with Crippen molar-refractivity contribution < 1.29 is 24.5 Å². The summed E-state index contributed by atoms with van der Waals surface area (Å²) in [6, 6.07) is 4.23. The van der Waals surface area contributed by atoms with E-state index in [9.17, 15) is 14.7 Å². The summed E-state index contributed by atoms with van der Waals surface area (Å²) in [4.78, 5) is 28.3. The van der Waals surface area contributed by atoms with E-state index in [-0.39, 0.29) is 34.9 Å². The van der Waals surface area contributed by atoms with E-state index in [1.165, 1.54) is 29.4 Å². The lowest BCUT2D eigenvalue weighted by Gasteiger charge is -2.38. The van der Waals surface area contributed by atoms with Crippen LogP contribution in [0.5, 0.6) is 11.5 Å². The van der Waals surface area contributed by atoms with E-state index in [0.29, 0.717) is 13.1 Å². The number of aromatic amines is 1. The normalized spacial score (nSPS) is 14.5. The van der Waals surface area contributed by atoms with Gasteiger partial charge in [0.25, 0.3) is 5.91 Å². The van der Waals surface area contributed by atoms with Crippen LogP contribution >= 0.6 is 0 Å². The molecule has 0 radical (unpaired) electrons. The summed E-state index contributed by atoms with van der Waals surface area (Å²) >= 11 is 0. The maximum atomic E-state index is 11.9. The molecule has 1 aliphatic heterocycles. The number of aromatic hydroxyl groups is 1. The second-order valence-electron chi connectivity index (χ2n) is 4.74. The van der Waals surface area contributed by atoms with Crippen molar-refractivity contribution in [2.75, 3.05) is 13.1 Å². The third-order valence-electron chi connectivity index (χ3n) is 3.26. The number of phenols is 1. The SMILES string of the molecule is O=C(O)c1c(O)cccc1OC1CN(C(=O)c2ncn[nH]2)C1. The second-order valence-corrected chi connectivity index (χ2v) is 4.74. The minimum Gasteiger partial charge on any atom is -0.507 e. The summed E-state index contributed by atoms with van der Waals surface area (Å²) in [5.41, 5.74) is -0.289. The number of aromatic carboxylic acids is 1. The Kier molecular flexibility index (Phi) is 3.37. The van der Waals surface area contributed by atoms with Gasteiger partial charge in [-0.05, 0) is 12.1 Å². The number of ether oxygens (including phenoxy) is 1. The molecular formula is C13H12N4O5. The highest BCUT2D eigenvalue weighted by Gasteiger charge is 2.35. The molecule has 0 unspecified atom stereocenters. The van der Waals surface area contributed by atoms with Gasteiger partial charge in [0.2, 0.25) is 5.82 Å². The van der Waals surface area contributed by atoms with Crippen molar-refractivity contribution in [3.05, 3.63) is 35.9 Å². The van der Waals surface area contributed by atoms with Crippen molar-refractivity contribution in [1.82, 2.24) is 20.1 Å². The van der Waals surface area contributed by atoms with Crippen molar-refractivity contribution in [2.24, 2.45) is 0 Å². The molecule has 0 spiro atoms. The number of nitrogens with one attached hydrogen (secondary N) is 1. The van der Waals surface area contributed by atoms with Crippen LogP contribution in [0, 0.1) is 0 Å². The molecular weight excluding hydrogens is 292 g/mol. The van der Waals surface area contributed by atoms with E-state index in [2.05, 4.69) is 15.2 Å². The fourth-order valence-corrected chi connectivity index (χ4v) is 2.15. The molecule has 2 aromatic rings. The number of carboxylic acid groups (broad SMARTS) is 1. The monoisotopic (exact) mass is 304 g/mol. The highest BCUT2D eigenvalue weighted by atomic mass is 16.5. The molecule has 3 N–H and O–H groups in total. The molecule has 114 valence electrons. The molecule has 0 atom stereocenters. The summed E-state index contributed by atoms with van der Waals surface area (Å²) in [5.74, 6) is -1.72. The summed E-state index contributed by atoms with van der Waals surface area (Å²) in [5, 5.41) is 24.8. The summed E-state index contributed by atoms with van der Waals surface area (Å²) in [7, 11) is 0. The van der Waals surface area contributed by atoms with Crippen LogP contribution in [0.1, 0.15) is 21.0 Å². The Bertz CT molecular complexity index is 709. The number of aromatic nitrogens is 3. The molecule has 2 heterocycles. The Morgan fingerprint density at radius 3 is 2.77 bits per heavy atom. The maximum Gasteiger partial charge on any atom is 0.343 e. The molecule has 9 heteroatoms. The molecule has 1 aromatic carbocycles. The average Bonchev–Trinajstić information content (AvgIpc) is 2.95. The molecule has 0 saturated carbocycles. The molecule has 1 fully saturated rings. The van der Waals surface area contributed by atoms with Gasteiger partial charge >= 0.3 is 5.97 Å². The molecule has 3 rings (SSSR count). The average molecular weight is 304 g/mol. The number of hydrogen-bond donors (Lipinski definition) is 3. The summed E-state index contributed by atoms with van der Waals surface area (Å²) < 4.78 is 5.54. The van der Waals surface area contributed by atoms with Crippen molar-refractivity contribution in [1.29, 1.82) is 0 Å². The first-order valence-electron chi connectivity index (χ1n) is 6.43. The first-order valence-corrected chi connectivity index (χ1v) is 6.43. The molecule has 0 bridgehead atoms. The lowest BCUT2D eigenvalue weighted by Crippen LogP contribution is -2.56. The third-order valence-corrected chi connectivity index (χ3v) is 3.26. The maximum absolute atomic E-state index is 11.9. The Morgan fingerprint density at radius 1 is 1.36 bits per heavy atom. The van der Waals surface area contributed by atoms with Crippen LogP contribution in [-0.4, -0.2) is 61.4 Å². The van der Waals surface area contributed by atoms with Crippen LogP contribution in [0.2, 0.25) is 0 Å². The van der Waals surface area contributed by atoms with Gasteiger partial charge in [0, 0.05) is 0 Å². The zero-order chi connectivity index (χ0) is 15.7. The van der Waals surface area contributed by atoms with Crippen LogP contribution in [0.3, 0.4) is 0 Å². The van der Waals surface area contributed by atoms with Crippen LogP contribution in [0.4, 0.5) is 0 Å². The highest BCUT2D eigenvalue weighted by Crippen LogP contribution is 2.29. The predicted molar refractivity (Wildman–Crippen MR) is 71.8 cm³/mol. The number of hydrogen-bond acceptors (Lipinski definition) is 6. The fourth-order valence-electron chi connectivity index (χ4n) is 2.15. The number of H-pyrrole nitrogens is 1. The van der Waals surface area contributed by atoms with Gasteiger partial charge in [-0.2, -0.15) is 5.10 Å². The van der Waals surface area contributed by atoms with Crippen LogP contribution in [-0.2, 0) is 0 Å². The number of amides is 1. The van der Waals surface area contributed by atoms with Gasteiger partial charge in [0.05, 0.1) is 13.1 Å². The quantitative estimate of drug-likeness (QED) is 0.731. The minimum absolute atomic E-state index is 0.0734. The number of carbonyl (C=O) groups is 2. The smallest absolute Gasteiger partial charge is 0.343 e. The molecule has 0 aliphatic carbocycles. The van der Waals surface area contributed by atoms with E-state index in [0.717, 1.165) is 0 Å². The van der Waals surface area contributed by atoms with E-state index in [1.54, 1.807) is 0 Å². The topological polar surface area (TPSA) is 129 Å². The first kappa shape index (κ1) is 13.9. The minimum atomic E-state index is -1.28. The van der Waals surface area contributed by atoms with Crippen molar-refractivity contribution in [3.63, 3.8) is 0 Å². The molecule has 1 aliphatic rings. The van der Waals surface area contributed by atoms with E-state index in [1.807, 2.05) is 0 Å². The zero-order valence-corrected chi connectivity index (χ0v) is 11.3. The van der Waals surface area contributed by atoms with Gasteiger partial charge in [0.1, 0.15) is 29.5 Å². The van der Waals surface area contributed by atoms with Crippen LogP contribution < -0.4 is 4.74 Å². The standard InChI is InChI=1S/C13H12N4O5/c18-8-2-1-3-9(10(8)13(20)21)22-7-4-17(5-7)12(19)11-14-6-15-16-11/h1-3,6-7,18H,4-5H2,(H,20,21)(H,14,15,16). The molecule has 9 nitrogen and oxygen atoms in total. The first-order chi connectivity index (χ1) is 10.6. The Labute approximate surface area is 124 Å². The van der Waals surface area contributed by atoms with Gasteiger partial charge in [0.15, 0.2) is 0 Å². The number of nitrogens with zero attached hydrogens (tertiary/aromatic N) is 3. The van der Waals surface area contributed by atoms with E-state index in [4.69, 9.17) is 9.84 Å². The Balaban J connectivity index is 1.64. The third kappa shape index (κ3) is 2.43. The van der Waals surface area contributed by atoms with E-state index < -0.39 is 5.97 Å². The Hall–Kier alpha value is -3.10. The largest absolute Gasteiger partial charge is 0.507 e. The van der Waals surface area contributed by atoms with Gasteiger partial charge < -0.3 is 19.8 Å². The van der Waals surface area contributed by atoms with Gasteiger partial charge in [-0.15, -0.1) is 0 Å². The van der Waals surface area contributed by atoms with Crippen molar-refractivity contribution in [3.8, 4) is 11.5 Å². The van der Waals surface area contributed by atoms with Gasteiger partial charge in [-0.25, -0.2) is 9.78 Å². The summed E-state index contributed by atoms with van der Waals surface area (Å²) in [6.45, 7) is 0.600. The molecule has 1 saturated heterocycles. The highest BCUT2D eigenvalue weighted by molar-refractivity contribution is 5.94. The van der Waals surface area contributed by atoms with Gasteiger partial charge in [-0.1, -0.05) is 6.07 Å². The summed E-state index contributed by atoms with van der Waals surface area (Å²) in [6.07, 6.45) is 0.902.